The maximum atomic E-state index is 4.84. The minimum atomic E-state index is -1.08. The molecule has 2 aliphatic carbocycles. The molecule has 1 unspecified atom stereocenters. The molecule has 0 saturated carbocycles. The summed E-state index contributed by atoms with van der Waals surface area (Å²) in [6, 6.07) is 12.2. The minimum absolute atomic E-state index is 0. The van der Waals surface area contributed by atoms with Crippen LogP contribution in [0.15, 0.2) is 92.4 Å². The van der Waals surface area contributed by atoms with Gasteiger partial charge in [0.15, 0.2) is 0 Å². The monoisotopic (exact) mass is 459 g/mol. The van der Waals surface area contributed by atoms with Crippen LogP contribution in [0.25, 0.3) is 0 Å². The first-order chi connectivity index (χ1) is 10.8. The molecule has 1 aromatic rings. The summed E-state index contributed by atoms with van der Waals surface area (Å²) in [7, 11) is -1.08. The summed E-state index contributed by atoms with van der Waals surface area (Å²) in [5, 5.41) is 3.32. The summed E-state index contributed by atoms with van der Waals surface area (Å²) in [5.74, 6) is 0. The van der Waals surface area contributed by atoms with E-state index in [1.165, 1.54) is 39.7 Å². The van der Waals surface area contributed by atoms with Gasteiger partial charge in [-0.3, -0.25) is 4.99 Å². The fourth-order valence-electron chi connectivity index (χ4n) is 4.17. The molecule has 5 rings (SSSR count). The van der Waals surface area contributed by atoms with Gasteiger partial charge in [-0.25, -0.2) is 0 Å². The summed E-state index contributed by atoms with van der Waals surface area (Å²) in [4.78, 5) is 4.84. The summed E-state index contributed by atoms with van der Waals surface area (Å²) >= 11 is 0. The van der Waals surface area contributed by atoms with Crippen molar-refractivity contribution in [2.45, 2.75) is 19.4 Å². The summed E-state index contributed by atoms with van der Waals surface area (Å²) < 4.78 is 0. The van der Waals surface area contributed by atoms with Gasteiger partial charge < -0.3 is 24.8 Å². The van der Waals surface area contributed by atoms with Gasteiger partial charge in [-0.1, -0.05) is 54.1 Å². The van der Waals surface area contributed by atoms with Crippen molar-refractivity contribution < 1.29 is 51.0 Å². The second-order valence-electron chi connectivity index (χ2n) is 6.41. The fraction of sp³-hybridized carbons (Fsp3) is 0.150. The van der Waals surface area contributed by atoms with Gasteiger partial charge in [0.05, 0.1) is 5.70 Å². The van der Waals surface area contributed by atoms with Crippen molar-refractivity contribution in [1.29, 1.82) is 0 Å². The number of hydrogen-bond donors (Lipinski definition) is 0. The van der Waals surface area contributed by atoms with Gasteiger partial charge in [0.2, 0.25) is 0 Å². The van der Waals surface area contributed by atoms with Crippen LogP contribution < -0.4 is 24.8 Å². The Bertz CT molecular complexity index is 892. The van der Waals surface area contributed by atoms with Gasteiger partial charge in [0.25, 0.3) is 0 Å². The first-order valence-corrected chi connectivity index (χ1v) is 9.96. The van der Waals surface area contributed by atoms with E-state index in [0.29, 0.717) is 0 Å². The number of rotatable bonds is 3. The summed E-state index contributed by atoms with van der Waals surface area (Å²) in [6.45, 7) is 2.19. The second kappa shape index (κ2) is 7.88. The Morgan fingerprint density at radius 1 is 1.08 bits per heavy atom. The molecule has 1 aromatic carbocycles. The molecule has 5 heteroatoms. The minimum Gasteiger partial charge on any atom is -1.00 e. The largest absolute Gasteiger partial charge is 2.00 e. The van der Waals surface area contributed by atoms with Crippen molar-refractivity contribution in [1.82, 2.24) is 0 Å². The standard InChI is InChI=1S/C20H17NSi.2ClH.Zr/c1-13-19-18-17(21-13)11-16(15-9-5-6-10-15)20(18)22(19)12-14-7-3-2-4-8-14;;;/h2-9,11,22H,10,12H2,1H3;2*1H;/q;;;+2/p-2. The average molecular weight is 462 g/mol. The molecule has 25 heavy (non-hydrogen) atoms. The Morgan fingerprint density at radius 2 is 1.84 bits per heavy atom. The molecule has 1 atom stereocenters. The fourth-order valence-corrected chi connectivity index (χ4v) is 7.89. The smallest absolute Gasteiger partial charge is 1.00 e. The van der Waals surface area contributed by atoms with Crippen LogP contribution in [0.1, 0.15) is 18.9 Å². The SMILES string of the molecule is CC1=NC2=CC(C3=CC=CC3)=C3C2=C1[SiH]3Cc1ccccc1.[Cl-].[Cl-].[Zr+2]. The number of aliphatic imine (C=N–C) groups is 1. The Hall–Kier alpha value is -0.730. The maximum Gasteiger partial charge on any atom is 2.00 e. The zero-order chi connectivity index (χ0) is 14.7. The van der Waals surface area contributed by atoms with Crippen LogP contribution in [0.4, 0.5) is 0 Å². The van der Waals surface area contributed by atoms with Crippen LogP contribution in [0, 0.1) is 0 Å². The number of halogens is 2. The second-order valence-corrected chi connectivity index (χ2v) is 9.08. The number of allylic oxidation sites excluding steroid dienone is 8. The van der Waals surface area contributed by atoms with E-state index < -0.39 is 8.80 Å². The third-order valence-electron chi connectivity index (χ3n) is 5.14. The number of nitrogens with zero attached hydrogens (tertiary/aromatic N) is 1. The average Bonchev–Trinajstić information content (AvgIpc) is 3.17. The Balaban J connectivity index is 0.000000751. The molecule has 0 bridgehead atoms. The van der Waals surface area contributed by atoms with Gasteiger partial charge in [0, 0.05) is 11.3 Å². The first-order valence-electron chi connectivity index (χ1n) is 7.99. The van der Waals surface area contributed by atoms with Crippen LogP contribution in [0.3, 0.4) is 0 Å². The van der Waals surface area contributed by atoms with Gasteiger partial charge in [-0.05, 0) is 47.0 Å². The van der Waals surface area contributed by atoms with E-state index in [-0.39, 0.29) is 51.0 Å². The van der Waals surface area contributed by atoms with Crippen LogP contribution in [0.2, 0.25) is 0 Å². The third kappa shape index (κ3) is 3.10. The van der Waals surface area contributed by atoms with Crippen molar-refractivity contribution >= 4 is 14.5 Å². The molecule has 0 amide bonds. The van der Waals surface area contributed by atoms with Crippen molar-refractivity contribution in [3.63, 3.8) is 0 Å². The van der Waals surface area contributed by atoms with Crippen molar-refractivity contribution in [2.75, 3.05) is 0 Å². The quantitative estimate of drug-likeness (QED) is 0.460. The van der Waals surface area contributed by atoms with E-state index in [0.717, 1.165) is 6.42 Å². The molecule has 0 spiro atoms. The molecule has 2 heterocycles. The molecular weight excluding hydrogens is 444 g/mol. The Labute approximate surface area is 181 Å². The van der Waals surface area contributed by atoms with E-state index >= 15 is 0 Å². The van der Waals surface area contributed by atoms with Crippen LogP contribution in [-0.2, 0) is 32.2 Å². The summed E-state index contributed by atoms with van der Waals surface area (Å²) in [6.07, 6.45) is 10.2. The predicted molar refractivity (Wildman–Crippen MR) is 94.4 cm³/mol. The summed E-state index contributed by atoms with van der Waals surface area (Å²) in [5.41, 5.74) is 8.50. The van der Waals surface area contributed by atoms with E-state index in [1.54, 1.807) is 10.4 Å². The van der Waals surface area contributed by atoms with Crippen molar-refractivity contribution in [2.24, 2.45) is 4.99 Å². The van der Waals surface area contributed by atoms with E-state index in [1.807, 2.05) is 0 Å². The molecule has 1 nitrogen and oxygen atoms in total. The van der Waals surface area contributed by atoms with Crippen LogP contribution in [-0.4, -0.2) is 14.5 Å². The molecule has 2 aliphatic heterocycles. The molecule has 0 saturated heterocycles. The van der Waals surface area contributed by atoms with Crippen molar-refractivity contribution in [3.8, 4) is 0 Å². The van der Waals surface area contributed by atoms with Gasteiger partial charge in [-0.15, -0.1) is 0 Å². The van der Waals surface area contributed by atoms with E-state index in [9.17, 15) is 0 Å². The zero-order valence-corrected chi connectivity index (χ0v) is 19.0. The topological polar surface area (TPSA) is 12.4 Å². The van der Waals surface area contributed by atoms with E-state index in [4.69, 9.17) is 4.99 Å². The molecule has 0 aromatic heterocycles. The third-order valence-corrected chi connectivity index (χ3v) is 8.72. The van der Waals surface area contributed by atoms with Gasteiger partial charge >= 0.3 is 26.2 Å². The number of hydrogen-bond acceptors (Lipinski definition) is 1. The predicted octanol–water partition coefficient (Wildman–Crippen LogP) is -2.06. The molecular formula is C20H17Cl2NSiZr. The number of benzene rings is 1. The van der Waals surface area contributed by atoms with Gasteiger partial charge in [-0.2, -0.15) is 0 Å². The van der Waals surface area contributed by atoms with Crippen molar-refractivity contribution in [3.05, 3.63) is 93.0 Å². The van der Waals surface area contributed by atoms with Crippen LogP contribution >= 0.6 is 0 Å². The first kappa shape index (κ1) is 20.6. The normalized spacial score (nSPS) is 21.5. The molecule has 0 fully saturated rings. The van der Waals surface area contributed by atoms with Gasteiger partial charge in [0.1, 0.15) is 8.80 Å². The zero-order valence-electron chi connectivity index (χ0n) is 13.9. The molecule has 124 valence electrons. The molecule has 0 N–H and O–H groups in total. The van der Waals surface area contributed by atoms with Crippen LogP contribution in [0.5, 0.6) is 0 Å². The Kier molecular flexibility index (Phi) is 6.49. The Morgan fingerprint density at radius 3 is 2.52 bits per heavy atom. The molecule has 4 aliphatic rings. The van der Waals surface area contributed by atoms with E-state index in [2.05, 4.69) is 61.6 Å². The maximum absolute atomic E-state index is 4.84. The molecule has 0 radical (unpaired) electrons.